The van der Waals surface area contributed by atoms with Crippen LogP contribution in [0, 0.1) is 33.0 Å². The molecule has 8 nitrogen and oxygen atoms in total. The Labute approximate surface area is 231 Å². The average Bonchev–Trinajstić information content (AvgIpc) is 2.83. The summed E-state index contributed by atoms with van der Waals surface area (Å²) in [7, 11) is -4.87. The van der Waals surface area contributed by atoms with Gasteiger partial charge in [0.2, 0.25) is 5.78 Å². The van der Waals surface area contributed by atoms with Crippen LogP contribution in [0.15, 0.2) is 46.3 Å². The number of phosphoric ester groups is 1. The zero-order valence-electron chi connectivity index (χ0n) is 23.9. The summed E-state index contributed by atoms with van der Waals surface area (Å²) in [6.45, 7) is 13.8. The molecular formula is C30H42NO7P. The highest BCUT2D eigenvalue weighted by atomic mass is 31.2. The second kappa shape index (κ2) is 8.67. The van der Waals surface area contributed by atoms with Crippen molar-refractivity contribution in [2.75, 3.05) is 6.61 Å². The fourth-order valence-corrected chi connectivity index (χ4v) is 9.59. The fraction of sp³-hybridized carbons (Fsp3) is 0.667. The largest absolute Gasteiger partial charge is 0.524 e. The summed E-state index contributed by atoms with van der Waals surface area (Å²) in [6.07, 6.45) is 12.1. The Balaban J connectivity index is 1.56. The molecule has 0 aromatic heterocycles. The van der Waals surface area contributed by atoms with E-state index in [0.29, 0.717) is 18.1 Å². The van der Waals surface area contributed by atoms with Crippen LogP contribution in [0.25, 0.3) is 0 Å². The van der Waals surface area contributed by atoms with Crippen LogP contribution in [0.1, 0.15) is 86.5 Å². The van der Waals surface area contributed by atoms with Crippen LogP contribution in [0.5, 0.6) is 0 Å². The number of amides is 1. The minimum atomic E-state index is -4.87. The third-order valence-corrected chi connectivity index (χ3v) is 12.1. The highest BCUT2D eigenvalue weighted by molar-refractivity contribution is 7.46. The molecule has 0 heterocycles. The molecule has 214 valence electrons. The van der Waals surface area contributed by atoms with E-state index < -0.39 is 19.7 Å². The van der Waals surface area contributed by atoms with Crippen molar-refractivity contribution in [1.82, 2.24) is 0 Å². The van der Waals surface area contributed by atoms with Crippen molar-refractivity contribution >= 4 is 19.7 Å². The third kappa shape index (κ3) is 4.20. The molecule has 5 aliphatic rings. The monoisotopic (exact) mass is 559 g/mol. The molecule has 6 atom stereocenters. The zero-order chi connectivity index (χ0) is 28.8. The molecule has 3 fully saturated rings. The lowest BCUT2D eigenvalue weighted by Gasteiger charge is -2.70. The number of allylic oxidation sites excluding steroid dienone is 7. The maximum absolute atomic E-state index is 13.1. The Hall–Kier alpha value is -2.15. The first kappa shape index (κ1) is 28.4. The van der Waals surface area contributed by atoms with E-state index in [1.807, 2.05) is 6.08 Å². The summed E-state index contributed by atoms with van der Waals surface area (Å²) in [6, 6.07) is 0. The zero-order valence-corrected chi connectivity index (χ0v) is 24.8. The quantitative estimate of drug-likeness (QED) is 0.346. The number of nitrogens with two attached hydrogens (primary N) is 1. The SMILES string of the molecule is CC1=C(OP(=O)(O)O)C(=O)C=C2C1=CC=C1[C@@]2(C)CC[C@@]2(C)[C@@H]3C[C@](C)(COC(N)=O)CC[C@@]3(C)CC[C@]12C. The lowest BCUT2D eigenvalue weighted by atomic mass is 9.34. The van der Waals surface area contributed by atoms with Crippen LogP contribution in [0.4, 0.5) is 4.79 Å². The van der Waals surface area contributed by atoms with Gasteiger partial charge in [-0.05, 0) is 91.3 Å². The van der Waals surface area contributed by atoms with Gasteiger partial charge in [0.15, 0.2) is 5.76 Å². The Morgan fingerprint density at radius 1 is 1.05 bits per heavy atom. The summed E-state index contributed by atoms with van der Waals surface area (Å²) in [4.78, 5) is 43.2. The molecule has 0 bridgehead atoms. The number of primary amides is 1. The van der Waals surface area contributed by atoms with Gasteiger partial charge in [-0.2, -0.15) is 0 Å². The second-order valence-corrected chi connectivity index (χ2v) is 15.2. The topological polar surface area (TPSA) is 136 Å². The van der Waals surface area contributed by atoms with E-state index in [4.69, 9.17) is 15.0 Å². The van der Waals surface area contributed by atoms with E-state index in [0.717, 1.165) is 56.1 Å². The van der Waals surface area contributed by atoms with Crippen LogP contribution in [-0.4, -0.2) is 28.3 Å². The van der Waals surface area contributed by atoms with Gasteiger partial charge in [0.1, 0.15) is 0 Å². The number of ether oxygens (including phenoxy) is 1. The summed E-state index contributed by atoms with van der Waals surface area (Å²) < 4.78 is 21.7. The lowest BCUT2D eigenvalue weighted by molar-refractivity contribution is -0.165. The Bertz CT molecular complexity index is 1320. The highest BCUT2D eigenvalue weighted by Crippen LogP contribution is 2.75. The first-order valence-electron chi connectivity index (χ1n) is 14.0. The minimum absolute atomic E-state index is 0.00387. The first-order valence-corrected chi connectivity index (χ1v) is 15.5. The van der Waals surface area contributed by atoms with E-state index in [1.54, 1.807) is 6.92 Å². The third-order valence-electron chi connectivity index (χ3n) is 11.7. The van der Waals surface area contributed by atoms with E-state index >= 15 is 0 Å². The Morgan fingerprint density at radius 3 is 2.36 bits per heavy atom. The van der Waals surface area contributed by atoms with Crippen molar-refractivity contribution in [2.45, 2.75) is 86.5 Å². The Morgan fingerprint density at radius 2 is 1.72 bits per heavy atom. The van der Waals surface area contributed by atoms with Crippen LogP contribution in [-0.2, 0) is 18.6 Å². The van der Waals surface area contributed by atoms with Crippen molar-refractivity contribution in [2.24, 2.45) is 38.7 Å². The fourth-order valence-electron chi connectivity index (χ4n) is 9.13. The van der Waals surface area contributed by atoms with Gasteiger partial charge >= 0.3 is 13.9 Å². The van der Waals surface area contributed by atoms with Gasteiger partial charge < -0.3 is 15.0 Å². The summed E-state index contributed by atoms with van der Waals surface area (Å²) in [5.41, 5.74) is 8.46. The first-order chi connectivity index (χ1) is 17.9. The van der Waals surface area contributed by atoms with Crippen LogP contribution < -0.4 is 5.73 Å². The maximum Gasteiger partial charge on any atom is 0.524 e. The van der Waals surface area contributed by atoms with Gasteiger partial charge in [-0.15, -0.1) is 0 Å². The predicted molar refractivity (Wildman–Crippen MR) is 147 cm³/mol. The average molecular weight is 560 g/mol. The molecule has 9 heteroatoms. The lowest BCUT2D eigenvalue weighted by Crippen LogP contribution is -2.62. The molecular weight excluding hydrogens is 517 g/mol. The molecule has 0 aliphatic heterocycles. The number of hydrogen-bond acceptors (Lipinski definition) is 5. The highest BCUT2D eigenvalue weighted by Gasteiger charge is 2.66. The number of fused-ring (bicyclic) bond motifs is 7. The summed E-state index contributed by atoms with van der Waals surface area (Å²) >= 11 is 0. The number of hydrogen-bond donors (Lipinski definition) is 3. The number of rotatable bonds is 4. The van der Waals surface area contributed by atoms with Gasteiger partial charge in [-0.3, -0.25) is 14.6 Å². The number of carbonyl (C=O) groups excluding carboxylic acids is 2. The normalized spacial score (nSPS) is 41.7. The molecule has 5 rings (SSSR count). The smallest absolute Gasteiger partial charge is 0.449 e. The van der Waals surface area contributed by atoms with Gasteiger partial charge in [0.05, 0.1) is 6.61 Å². The van der Waals surface area contributed by atoms with Crippen LogP contribution in [0.3, 0.4) is 0 Å². The van der Waals surface area contributed by atoms with Gasteiger partial charge in [-0.1, -0.05) is 52.3 Å². The standard InChI is InChI=1S/C30H42NO7P/c1-18-19-7-8-22-28(4,20(19)15-21(32)24(18)38-39(34,35)36)12-14-30(6)23-16-26(2,17-37-25(31)33)9-10-27(23,3)11-13-29(22,30)5/h7-8,15,23H,9-14,16-17H2,1-6H3,(H2,31,33)(H2,34,35,36)/t23-,26-,27+,28+,29-,30+/m1/s1. The van der Waals surface area contributed by atoms with Crippen LogP contribution in [0.2, 0.25) is 0 Å². The molecule has 4 N–H and O–H groups in total. The Kier molecular flexibility index (Phi) is 6.31. The number of carbonyl (C=O) groups is 2. The van der Waals surface area contributed by atoms with E-state index in [2.05, 4.69) is 40.7 Å². The van der Waals surface area contributed by atoms with Gasteiger partial charge in [-0.25, -0.2) is 9.36 Å². The van der Waals surface area contributed by atoms with Crippen molar-refractivity contribution in [3.63, 3.8) is 0 Å². The van der Waals surface area contributed by atoms with Crippen molar-refractivity contribution in [1.29, 1.82) is 0 Å². The summed E-state index contributed by atoms with van der Waals surface area (Å²) in [5.74, 6) is -0.349. The van der Waals surface area contributed by atoms with E-state index in [-0.39, 0.29) is 32.8 Å². The molecule has 0 aromatic carbocycles. The van der Waals surface area contributed by atoms with E-state index in [1.165, 1.54) is 11.6 Å². The van der Waals surface area contributed by atoms with Crippen molar-refractivity contribution < 1.29 is 33.2 Å². The second-order valence-electron chi connectivity index (χ2n) is 14.0. The predicted octanol–water partition coefficient (Wildman–Crippen LogP) is 6.26. The number of phosphoric acid groups is 1. The minimum Gasteiger partial charge on any atom is -0.449 e. The maximum atomic E-state index is 13.1. The molecule has 0 aromatic rings. The molecule has 39 heavy (non-hydrogen) atoms. The molecule has 3 saturated carbocycles. The summed E-state index contributed by atoms with van der Waals surface area (Å²) in [5, 5.41) is 0. The number of ketones is 1. The van der Waals surface area contributed by atoms with Crippen LogP contribution >= 0.6 is 7.82 Å². The molecule has 5 aliphatic carbocycles. The van der Waals surface area contributed by atoms with Crippen molar-refractivity contribution in [3.05, 3.63) is 46.3 Å². The van der Waals surface area contributed by atoms with Gasteiger partial charge in [0.25, 0.3) is 0 Å². The molecule has 0 radical (unpaired) electrons. The van der Waals surface area contributed by atoms with Gasteiger partial charge in [0, 0.05) is 16.4 Å². The molecule has 0 unspecified atom stereocenters. The molecule has 1 amide bonds. The van der Waals surface area contributed by atoms with Crippen molar-refractivity contribution in [3.8, 4) is 0 Å². The van der Waals surface area contributed by atoms with E-state index in [9.17, 15) is 23.9 Å². The molecule has 0 spiro atoms. The molecule has 0 saturated heterocycles.